The van der Waals surface area contributed by atoms with Crippen molar-refractivity contribution in [3.63, 3.8) is 0 Å². The second-order valence-corrected chi connectivity index (χ2v) is 13.5. The lowest BCUT2D eigenvalue weighted by Crippen LogP contribution is -2.55. The first-order valence-electron chi connectivity index (χ1n) is 12.4. The lowest BCUT2D eigenvalue weighted by molar-refractivity contribution is -0.143. The van der Waals surface area contributed by atoms with Crippen LogP contribution < -0.4 is 0 Å². The van der Waals surface area contributed by atoms with Crippen LogP contribution in [0.1, 0.15) is 43.7 Å². The number of halogens is 3. The van der Waals surface area contributed by atoms with Crippen LogP contribution in [0.2, 0.25) is 5.02 Å². The molecule has 2 aromatic rings. The molecule has 5 rings (SSSR count). The molecule has 0 N–H and O–H groups in total. The van der Waals surface area contributed by atoms with Gasteiger partial charge in [-0.1, -0.05) is 48.4 Å². The van der Waals surface area contributed by atoms with Gasteiger partial charge in [-0.2, -0.15) is 0 Å². The van der Waals surface area contributed by atoms with Crippen LogP contribution in [0.15, 0.2) is 57.8 Å². The average molecular weight is 536 g/mol. The number of alkyl halides is 2. The van der Waals surface area contributed by atoms with E-state index in [1.807, 2.05) is 50.2 Å². The van der Waals surface area contributed by atoms with Crippen LogP contribution in [-0.2, 0) is 21.3 Å². The number of carbonyl (C=O) groups is 1. The van der Waals surface area contributed by atoms with Crippen molar-refractivity contribution in [3.8, 4) is 0 Å². The summed E-state index contributed by atoms with van der Waals surface area (Å²) in [6.45, 7) is 4.78. The van der Waals surface area contributed by atoms with E-state index in [0.29, 0.717) is 42.3 Å². The summed E-state index contributed by atoms with van der Waals surface area (Å²) in [5.41, 5.74) is 0.977. The van der Waals surface area contributed by atoms with Gasteiger partial charge < -0.3 is 4.90 Å². The molecule has 36 heavy (non-hydrogen) atoms. The van der Waals surface area contributed by atoms with Gasteiger partial charge in [0.1, 0.15) is 16.0 Å². The second kappa shape index (κ2) is 9.07. The Balaban J connectivity index is 1.45. The fraction of sp³-hybridized carbons (Fsp3) is 0.519. The number of hydrogen-bond acceptors (Lipinski definition) is 3. The number of nitrogens with zero attached hydrogens (tertiary/aromatic N) is 3. The Morgan fingerprint density at radius 3 is 2.33 bits per heavy atom. The van der Waals surface area contributed by atoms with Gasteiger partial charge in [0.2, 0.25) is 5.91 Å². The Kier molecular flexibility index (Phi) is 6.45. The van der Waals surface area contributed by atoms with E-state index in [4.69, 9.17) is 11.6 Å². The third-order valence-electron chi connectivity index (χ3n) is 8.10. The van der Waals surface area contributed by atoms with Crippen molar-refractivity contribution in [3.05, 3.63) is 64.7 Å². The molecule has 3 atom stereocenters. The van der Waals surface area contributed by atoms with Crippen molar-refractivity contribution < 1.29 is 17.8 Å². The molecule has 1 aliphatic heterocycles. The van der Waals surface area contributed by atoms with Gasteiger partial charge in [-0.3, -0.25) is 4.79 Å². The third kappa shape index (κ3) is 4.35. The summed E-state index contributed by atoms with van der Waals surface area (Å²) < 4.78 is 48.3. The molecule has 194 valence electrons. The summed E-state index contributed by atoms with van der Waals surface area (Å²) >= 11 is 6.05. The molecule has 1 spiro atoms. The molecule has 9 heteroatoms. The van der Waals surface area contributed by atoms with E-state index in [0.717, 1.165) is 11.1 Å². The van der Waals surface area contributed by atoms with Crippen molar-refractivity contribution in [2.24, 2.45) is 15.7 Å². The molecule has 2 unspecified atom stereocenters. The highest BCUT2D eigenvalue weighted by Gasteiger charge is 2.76. The van der Waals surface area contributed by atoms with Gasteiger partial charge in [0.25, 0.3) is 5.92 Å². The molecule has 3 aliphatic rings. The fourth-order valence-electron chi connectivity index (χ4n) is 5.82. The highest BCUT2D eigenvalue weighted by molar-refractivity contribution is 7.91. The zero-order valence-corrected chi connectivity index (χ0v) is 22.4. The smallest absolute Gasteiger partial charge is 0.254 e. The van der Waals surface area contributed by atoms with E-state index in [1.54, 1.807) is 21.3 Å². The maximum atomic E-state index is 14.3. The quantitative estimate of drug-likeness (QED) is 0.459. The van der Waals surface area contributed by atoms with Crippen LogP contribution in [-0.4, -0.2) is 50.9 Å². The first-order chi connectivity index (χ1) is 17.0. The minimum absolute atomic E-state index is 0.0952. The summed E-state index contributed by atoms with van der Waals surface area (Å²) in [7, 11) is -1.48. The first-order valence-corrected chi connectivity index (χ1v) is 14.2. The minimum atomic E-state index is -3.01. The molecule has 1 amide bonds. The first kappa shape index (κ1) is 25.6. The van der Waals surface area contributed by atoms with Gasteiger partial charge in [-0.15, -0.1) is 0 Å². The zero-order valence-electron chi connectivity index (χ0n) is 20.8. The van der Waals surface area contributed by atoms with Crippen LogP contribution >= 0.6 is 11.6 Å². The van der Waals surface area contributed by atoms with Crippen molar-refractivity contribution >= 4 is 27.4 Å². The Morgan fingerprint density at radius 1 is 1.17 bits per heavy atom. The lowest BCUT2D eigenvalue weighted by atomic mass is 9.75. The van der Waals surface area contributed by atoms with Crippen molar-refractivity contribution in [2.75, 3.05) is 13.6 Å². The number of amides is 1. The SMILES string of the molecule is CN=[S@](=O)(c1ccc(C)cc1)N1CC(C)CC1C(=O)N(Cc1ccc(Cl)cc1)C1CC2(C1)CC2(F)F. The molecule has 2 aromatic carbocycles. The van der Waals surface area contributed by atoms with Crippen molar-refractivity contribution in [1.29, 1.82) is 0 Å². The zero-order chi connectivity index (χ0) is 25.9. The van der Waals surface area contributed by atoms with Gasteiger partial charge in [0.15, 0.2) is 0 Å². The molecular formula is C27H32ClF2N3O2S. The molecule has 2 aliphatic carbocycles. The van der Waals surface area contributed by atoms with Gasteiger partial charge in [-0.05, 0) is 61.9 Å². The predicted octanol–water partition coefficient (Wildman–Crippen LogP) is 5.95. The Labute approximate surface area is 217 Å². The Bertz CT molecular complexity index is 1270. The van der Waals surface area contributed by atoms with E-state index in [1.165, 1.54) is 7.05 Å². The van der Waals surface area contributed by atoms with Crippen molar-refractivity contribution in [1.82, 2.24) is 9.21 Å². The van der Waals surface area contributed by atoms with Gasteiger partial charge in [0, 0.05) is 43.0 Å². The summed E-state index contributed by atoms with van der Waals surface area (Å²) in [5, 5.41) is 0.593. The maximum absolute atomic E-state index is 14.3. The standard InChI is InChI=1S/C27H32ClF2N3O2S/c1-18-4-10-23(11-5-18)36(35,31-3)33-15-19(2)12-24(33)25(34)32(16-20-6-8-21(28)9-7-20)22-13-26(14-22)17-27(26,29)30/h4-11,19,22,24H,12-17H2,1-3H3/t19?,22?,24?,26?,36-/m1/s1. The third-order valence-corrected chi connectivity index (χ3v) is 10.8. The molecule has 0 bridgehead atoms. The molecule has 0 aromatic heterocycles. The Hall–Kier alpha value is -2.03. The monoisotopic (exact) mass is 535 g/mol. The van der Waals surface area contributed by atoms with E-state index in [2.05, 4.69) is 4.36 Å². The Morgan fingerprint density at radius 2 is 1.78 bits per heavy atom. The summed E-state index contributed by atoms with van der Waals surface area (Å²) in [5.74, 6) is -2.65. The normalized spacial score (nSPS) is 30.4. The molecule has 1 heterocycles. The molecule has 5 nitrogen and oxygen atoms in total. The van der Waals surface area contributed by atoms with Crippen molar-refractivity contribution in [2.45, 2.75) is 69.0 Å². The van der Waals surface area contributed by atoms with E-state index in [-0.39, 0.29) is 24.3 Å². The fourth-order valence-corrected chi connectivity index (χ4v) is 8.10. The number of benzene rings is 2. The van der Waals surface area contributed by atoms with E-state index in [9.17, 15) is 17.8 Å². The topological polar surface area (TPSA) is 53.0 Å². The number of rotatable bonds is 6. The van der Waals surface area contributed by atoms with E-state index < -0.39 is 27.3 Å². The number of aryl methyl sites for hydroxylation is 1. The average Bonchev–Trinajstić information content (AvgIpc) is 3.19. The van der Waals surface area contributed by atoms with E-state index >= 15 is 0 Å². The maximum Gasteiger partial charge on any atom is 0.254 e. The molecular weight excluding hydrogens is 504 g/mol. The second-order valence-electron chi connectivity index (χ2n) is 10.8. The highest BCUT2D eigenvalue weighted by atomic mass is 35.5. The summed E-state index contributed by atoms with van der Waals surface area (Å²) in [6, 6.07) is 13.7. The molecule has 3 fully saturated rings. The summed E-state index contributed by atoms with van der Waals surface area (Å²) in [6.07, 6.45) is 1.05. The van der Waals surface area contributed by atoms with Crippen LogP contribution in [0.3, 0.4) is 0 Å². The predicted molar refractivity (Wildman–Crippen MR) is 137 cm³/mol. The lowest BCUT2D eigenvalue weighted by Gasteiger charge is -2.45. The largest absolute Gasteiger partial charge is 0.334 e. The van der Waals surface area contributed by atoms with Crippen LogP contribution in [0.4, 0.5) is 8.78 Å². The number of carbonyl (C=O) groups excluding carboxylic acids is 1. The molecule has 1 saturated heterocycles. The van der Waals surface area contributed by atoms with Gasteiger partial charge in [0.05, 0.1) is 4.90 Å². The molecule has 0 radical (unpaired) electrons. The van der Waals surface area contributed by atoms with Crippen LogP contribution in [0.25, 0.3) is 0 Å². The highest BCUT2D eigenvalue weighted by Crippen LogP contribution is 2.71. The van der Waals surface area contributed by atoms with Gasteiger partial charge >= 0.3 is 0 Å². The van der Waals surface area contributed by atoms with Crippen LogP contribution in [0.5, 0.6) is 0 Å². The molecule has 2 saturated carbocycles. The minimum Gasteiger partial charge on any atom is -0.334 e. The van der Waals surface area contributed by atoms with Gasteiger partial charge in [-0.25, -0.2) is 21.7 Å². The summed E-state index contributed by atoms with van der Waals surface area (Å²) in [4.78, 5) is 16.5. The number of hydrogen-bond donors (Lipinski definition) is 0. The van der Waals surface area contributed by atoms with Crippen LogP contribution in [0, 0.1) is 18.3 Å².